The van der Waals surface area contributed by atoms with E-state index in [-0.39, 0.29) is 11.7 Å². The molecule has 2 rings (SSSR count). The maximum atomic E-state index is 12.0. The van der Waals surface area contributed by atoms with Gasteiger partial charge in [0.2, 0.25) is 0 Å². The topological polar surface area (TPSA) is 49.3 Å². The summed E-state index contributed by atoms with van der Waals surface area (Å²) in [7, 11) is 0. The van der Waals surface area contributed by atoms with Crippen LogP contribution in [0.15, 0.2) is 42.5 Å². The minimum atomic E-state index is -0.242. The molecule has 3 nitrogen and oxygen atoms in total. The number of aryl methyl sites for hydroxylation is 1. The molecular weight excluding hydrogens is 365 g/mol. The SMILES string of the molecule is Cc1cccc(CCNC(=O)c2cc(I)ccc2O)c1. The highest BCUT2D eigenvalue weighted by Gasteiger charge is 2.10. The molecule has 0 heterocycles. The summed E-state index contributed by atoms with van der Waals surface area (Å²) in [4.78, 5) is 12.0. The van der Waals surface area contributed by atoms with Crippen molar-refractivity contribution in [1.29, 1.82) is 0 Å². The van der Waals surface area contributed by atoms with Crippen molar-refractivity contribution in [2.45, 2.75) is 13.3 Å². The Morgan fingerprint density at radius 2 is 2.05 bits per heavy atom. The quantitative estimate of drug-likeness (QED) is 0.799. The molecule has 0 bridgehead atoms. The van der Waals surface area contributed by atoms with Gasteiger partial charge >= 0.3 is 0 Å². The average Bonchev–Trinajstić information content (AvgIpc) is 2.41. The summed E-state index contributed by atoms with van der Waals surface area (Å²) >= 11 is 2.11. The van der Waals surface area contributed by atoms with Gasteiger partial charge in [-0.05, 0) is 59.7 Å². The van der Waals surface area contributed by atoms with E-state index in [1.54, 1.807) is 12.1 Å². The molecule has 0 aliphatic rings. The Morgan fingerprint density at radius 3 is 2.80 bits per heavy atom. The van der Waals surface area contributed by atoms with Crippen LogP contribution in [0.25, 0.3) is 0 Å². The number of carbonyl (C=O) groups is 1. The predicted molar refractivity (Wildman–Crippen MR) is 88.0 cm³/mol. The number of aromatic hydroxyl groups is 1. The molecule has 0 saturated heterocycles. The number of hydrogen-bond donors (Lipinski definition) is 2. The highest BCUT2D eigenvalue weighted by Crippen LogP contribution is 2.19. The van der Waals surface area contributed by atoms with Crippen LogP contribution in [0.2, 0.25) is 0 Å². The molecule has 0 unspecified atom stereocenters. The van der Waals surface area contributed by atoms with Crippen molar-refractivity contribution in [2.24, 2.45) is 0 Å². The largest absolute Gasteiger partial charge is 0.507 e. The van der Waals surface area contributed by atoms with Crippen LogP contribution in [-0.2, 0) is 6.42 Å². The van der Waals surface area contributed by atoms with Gasteiger partial charge in [-0.25, -0.2) is 0 Å². The minimum Gasteiger partial charge on any atom is -0.507 e. The van der Waals surface area contributed by atoms with Gasteiger partial charge < -0.3 is 10.4 Å². The van der Waals surface area contributed by atoms with Gasteiger partial charge in [-0.3, -0.25) is 4.79 Å². The van der Waals surface area contributed by atoms with E-state index < -0.39 is 0 Å². The van der Waals surface area contributed by atoms with Crippen molar-refractivity contribution in [2.75, 3.05) is 6.54 Å². The standard InChI is InChI=1S/C16H16INO2/c1-11-3-2-4-12(9-11)7-8-18-16(20)14-10-13(17)5-6-15(14)19/h2-6,9-10,19H,7-8H2,1H3,(H,18,20). The fourth-order valence-electron chi connectivity index (χ4n) is 1.97. The van der Waals surface area contributed by atoms with Crippen LogP contribution in [-0.4, -0.2) is 17.6 Å². The first-order valence-electron chi connectivity index (χ1n) is 6.38. The molecule has 104 valence electrons. The van der Waals surface area contributed by atoms with Gasteiger partial charge in [0.25, 0.3) is 5.91 Å². The van der Waals surface area contributed by atoms with E-state index in [2.05, 4.69) is 34.0 Å². The Labute approximate surface area is 132 Å². The van der Waals surface area contributed by atoms with Crippen molar-refractivity contribution >= 4 is 28.5 Å². The van der Waals surface area contributed by atoms with Crippen LogP contribution in [0.3, 0.4) is 0 Å². The molecule has 20 heavy (non-hydrogen) atoms. The molecule has 4 heteroatoms. The molecule has 1 amide bonds. The molecule has 2 aromatic rings. The molecule has 0 aromatic heterocycles. The van der Waals surface area contributed by atoms with Gasteiger partial charge in [-0.15, -0.1) is 0 Å². The van der Waals surface area contributed by atoms with Crippen LogP contribution in [0.4, 0.5) is 0 Å². The zero-order valence-electron chi connectivity index (χ0n) is 11.2. The van der Waals surface area contributed by atoms with Gasteiger partial charge in [-0.1, -0.05) is 29.8 Å². The number of phenolic OH excluding ortho intramolecular Hbond substituents is 1. The first-order chi connectivity index (χ1) is 9.56. The average molecular weight is 381 g/mol. The van der Waals surface area contributed by atoms with E-state index in [0.29, 0.717) is 12.1 Å². The summed E-state index contributed by atoms with van der Waals surface area (Å²) in [6, 6.07) is 13.2. The van der Waals surface area contributed by atoms with Gasteiger partial charge in [0.1, 0.15) is 5.75 Å². The van der Waals surface area contributed by atoms with Crippen LogP contribution < -0.4 is 5.32 Å². The summed E-state index contributed by atoms with van der Waals surface area (Å²) in [6.45, 7) is 2.60. The molecule has 0 spiro atoms. The van der Waals surface area contributed by atoms with Crippen LogP contribution in [0, 0.1) is 10.5 Å². The third kappa shape index (κ3) is 3.96. The van der Waals surface area contributed by atoms with Crippen molar-refractivity contribution in [1.82, 2.24) is 5.32 Å². The molecule has 2 aromatic carbocycles. The van der Waals surface area contributed by atoms with Crippen molar-refractivity contribution in [3.8, 4) is 5.75 Å². The molecule has 2 N–H and O–H groups in total. The Bertz CT molecular complexity index is 626. The molecular formula is C16H16INO2. The highest BCUT2D eigenvalue weighted by atomic mass is 127. The number of amides is 1. The summed E-state index contributed by atoms with van der Waals surface area (Å²) in [5.41, 5.74) is 2.72. The summed E-state index contributed by atoms with van der Waals surface area (Å²) in [5.74, 6) is -0.229. The maximum absolute atomic E-state index is 12.0. The third-order valence-corrected chi connectivity index (χ3v) is 3.66. The number of carbonyl (C=O) groups excluding carboxylic acids is 1. The fraction of sp³-hybridized carbons (Fsp3) is 0.188. The Hall–Kier alpha value is -1.56. The van der Waals surface area contributed by atoms with E-state index >= 15 is 0 Å². The van der Waals surface area contributed by atoms with Crippen molar-refractivity contribution in [3.05, 3.63) is 62.7 Å². The van der Waals surface area contributed by atoms with Gasteiger partial charge in [0, 0.05) is 10.1 Å². The van der Waals surface area contributed by atoms with Gasteiger partial charge in [0.15, 0.2) is 0 Å². The number of phenols is 1. The van der Waals surface area contributed by atoms with Crippen LogP contribution in [0.1, 0.15) is 21.5 Å². The molecule has 0 aliphatic carbocycles. The zero-order chi connectivity index (χ0) is 14.5. The molecule has 0 saturated carbocycles. The van der Waals surface area contributed by atoms with Gasteiger partial charge in [0.05, 0.1) is 5.56 Å². The van der Waals surface area contributed by atoms with Crippen molar-refractivity contribution in [3.63, 3.8) is 0 Å². The number of nitrogens with one attached hydrogen (secondary N) is 1. The lowest BCUT2D eigenvalue weighted by Gasteiger charge is -2.08. The summed E-state index contributed by atoms with van der Waals surface area (Å²) < 4.78 is 0.921. The van der Waals surface area contributed by atoms with Crippen molar-refractivity contribution < 1.29 is 9.90 Å². The lowest BCUT2D eigenvalue weighted by atomic mass is 10.1. The van der Waals surface area contributed by atoms with E-state index in [1.807, 2.05) is 25.1 Å². The Balaban J connectivity index is 1.94. The predicted octanol–water partition coefficient (Wildman–Crippen LogP) is 3.28. The Morgan fingerprint density at radius 1 is 1.25 bits per heavy atom. The molecule has 0 aliphatic heterocycles. The maximum Gasteiger partial charge on any atom is 0.255 e. The third-order valence-electron chi connectivity index (χ3n) is 2.98. The second-order valence-corrected chi connectivity index (χ2v) is 5.90. The highest BCUT2D eigenvalue weighted by molar-refractivity contribution is 14.1. The number of rotatable bonds is 4. The lowest BCUT2D eigenvalue weighted by Crippen LogP contribution is -2.25. The summed E-state index contributed by atoms with van der Waals surface area (Å²) in [6.07, 6.45) is 0.776. The van der Waals surface area contributed by atoms with Crippen LogP contribution in [0.5, 0.6) is 5.75 Å². The lowest BCUT2D eigenvalue weighted by molar-refractivity contribution is 0.0951. The number of halogens is 1. The first kappa shape index (κ1) is 14.8. The molecule has 0 atom stereocenters. The minimum absolute atomic E-state index is 0.0125. The van der Waals surface area contributed by atoms with E-state index in [1.165, 1.54) is 17.2 Å². The van der Waals surface area contributed by atoms with E-state index in [0.717, 1.165) is 9.99 Å². The normalized spacial score (nSPS) is 10.3. The summed E-state index contributed by atoms with van der Waals surface area (Å²) in [5, 5.41) is 12.5. The fourth-order valence-corrected chi connectivity index (χ4v) is 2.46. The van der Waals surface area contributed by atoms with E-state index in [9.17, 15) is 9.90 Å². The van der Waals surface area contributed by atoms with Gasteiger partial charge in [-0.2, -0.15) is 0 Å². The monoisotopic (exact) mass is 381 g/mol. The van der Waals surface area contributed by atoms with Crippen LogP contribution >= 0.6 is 22.6 Å². The Kier molecular flexibility index (Phi) is 5.00. The number of benzene rings is 2. The second kappa shape index (κ2) is 6.74. The second-order valence-electron chi connectivity index (χ2n) is 4.66. The first-order valence-corrected chi connectivity index (χ1v) is 7.46. The molecule has 0 fully saturated rings. The zero-order valence-corrected chi connectivity index (χ0v) is 13.3. The number of hydrogen-bond acceptors (Lipinski definition) is 2. The molecule has 0 radical (unpaired) electrons. The van der Waals surface area contributed by atoms with E-state index in [4.69, 9.17) is 0 Å². The smallest absolute Gasteiger partial charge is 0.255 e.